The quantitative estimate of drug-likeness (QED) is 0.711. The summed E-state index contributed by atoms with van der Waals surface area (Å²) >= 11 is 1.76. The van der Waals surface area contributed by atoms with Gasteiger partial charge in [-0.05, 0) is 5.56 Å². The topological polar surface area (TPSA) is 49.3 Å². The van der Waals surface area contributed by atoms with Gasteiger partial charge in [0.2, 0.25) is 5.91 Å². The van der Waals surface area contributed by atoms with Crippen molar-refractivity contribution in [2.75, 3.05) is 18.9 Å². The average Bonchev–Trinajstić information content (AvgIpc) is 2.29. The molecular formula is C11H15NO2S. The number of hydrogen-bond donors (Lipinski definition) is 2. The molecule has 1 amide bonds. The van der Waals surface area contributed by atoms with E-state index in [0.29, 0.717) is 6.54 Å². The molecule has 0 spiro atoms. The molecule has 0 aliphatic carbocycles. The summed E-state index contributed by atoms with van der Waals surface area (Å²) in [7, 11) is 0. The maximum absolute atomic E-state index is 10.7. The van der Waals surface area contributed by atoms with E-state index in [4.69, 9.17) is 5.11 Å². The number of aliphatic hydroxyl groups is 1. The van der Waals surface area contributed by atoms with Gasteiger partial charge in [-0.2, -0.15) is 11.8 Å². The number of nitrogens with one attached hydrogen (secondary N) is 1. The van der Waals surface area contributed by atoms with E-state index in [1.54, 1.807) is 11.8 Å². The van der Waals surface area contributed by atoms with Crippen LogP contribution in [0.3, 0.4) is 0 Å². The third-order valence-corrected chi connectivity index (χ3v) is 2.85. The van der Waals surface area contributed by atoms with Gasteiger partial charge >= 0.3 is 0 Å². The van der Waals surface area contributed by atoms with Gasteiger partial charge in [0.15, 0.2) is 0 Å². The lowest BCUT2D eigenvalue weighted by Gasteiger charge is -2.03. The summed E-state index contributed by atoms with van der Waals surface area (Å²) in [6.45, 7) is 0.181. The monoisotopic (exact) mass is 225 g/mol. The second kappa shape index (κ2) is 7.31. The molecule has 0 heterocycles. The Kier molecular flexibility index (Phi) is 5.88. The van der Waals surface area contributed by atoms with E-state index in [9.17, 15) is 4.79 Å². The molecule has 0 aromatic heterocycles. The van der Waals surface area contributed by atoms with Gasteiger partial charge in [-0.15, -0.1) is 0 Å². The predicted molar refractivity (Wildman–Crippen MR) is 62.7 cm³/mol. The summed E-state index contributed by atoms with van der Waals surface area (Å²) in [6, 6.07) is 10.2. The van der Waals surface area contributed by atoms with Crippen molar-refractivity contribution in [3.63, 3.8) is 0 Å². The Morgan fingerprint density at radius 3 is 2.73 bits per heavy atom. The van der Waals surface area contributed by atoms with Crippen LogP contribution in [-0.4, -0.2) is 29.9 Å². The smallest absolute Gasteiger partial charge is 0.245 e. The van der Waals surface area contributed by atoms with Crippen LogP contribution in [-0.2, 0) is 10.5 Å². The standard InChI is InChI=1S/C11H15NO2S/c13-8-11(14)12-6-7-15-9-10-4-2-1-3-5-10/h1-5,13H,6-9H2,(H,12,14). The second-order valence-corrected chi connectivity index (χ2v) is 4.15. The molecule has 0 saturated carbocycles. The van der Waals surface area contributed by atoms with Crippen molar-refractivity contribution >= 4 is 17.7 Å². The number of thioether (sulfide) groups is 1. The zero-order valence-corrected chi connectivity index (χ0v) is 9.30. The summed E-state index contributed by atoms with van der Waals surface area (Å²) in [4.78, 5) is 10.7. The average molecular weight is 225 g/mol. The van der Waals surface area contributed by atoms with Crippen molar-refractivity contribution in [3.8, 4) is 0 Å². The Morgan fingerprint density at radius 1 is 1.33 bits per heavy atom. The molecule has 1 aromatic carbocycles. The lowest BCUT2D eigenvalue weighted by atomic mass is 10.2. The number of carbonyl (C=O) groups excluding carboxylic acids is 1. The van der Waals surface area contributed by atoms with Crippen molar-refractivity contribution in [3.05, 3.63) is 35.9 Å². The highest BCUT2D eigenvalue weighted by atomic mass is 32.2. The van der Waals surface area contributed by atoms with E-state index in [0.717, 1.165) is 11.5 Å². The van der Waals surface area contributed by atoms with E-state index >= 15 is 0 Å². The molecule has 0 fully saturated rings. The third kappa shape index (κ3) is 5.44. The molecular weight excluding hydrogens is 210 g/mol. The number of hydrogen-bond acceptors (Lipinski definition) is 3. The highest BCUT2D eigenvalue weighted by Crippen LogP contribution is 2.10. The summed E-state index contributed by atoms with van der Waals surface area (Å²) in [5.74, 6) is 1.51. The lowest BCUT2D eigenvalue weighted by molar-refractivity contribution is -0.123. The van der Waals surface area contributed by atoms with Crippen LogP contribution in [0.1, 0.15) is 5.56 Å². The van der Waals surface area contributed by atoms with Crippen LogP contribution in [0.15, 0.2) is 30.3 Å². The fourth-order valence-electron chi connectivity index (χ4n) is 1.08. The number of carbonyl (C=O) groups is 1. The molecule has 3 nitrogen and oxygen atoms in total. The molecule has 0 atom stereocenters. The van der Waals surface area contributed by atoms with Gasteiger partial charge in [0.05, 0.1) is 0 Å². The molecule has 4 heteroatoms. The van der Waals surface area contributed by atoms with Crippen LogP contribution in [0.4, 0.5) is 0 Å². The summed E-state index contributed by atoms with van der Waals surface area (Å²) in [5, 5.41) is 11.1. The van der Waals surface area contributed by atoms with Crippen LogP contribution in [0.25, 0.3) is 0 Å². The first-order valence-electron chi connectivity index (χ1n) is 4.82. The SMILES string of the molecule is O=C(CO)NCCSCc1ccccc1. The molecule has 0 bridgehead atoms. The van der Waals surface area contributed by atoms with Gasteiger partial charge < -0.3 is 10.4 Å². The van der Waals surface area contributed by atoms with E-state index < -0.39 is 6.61 Å². The predicted octanol–water partition coefficient (Wildman–Crippen LogP) is 1.03. The van der Waals surface area contributed by atoms with Crippen LogP contribution in [0, 0.1) is 0 Å². The first kappa shape index (κ1) is 12.1. The zero-order chi connectivity index (χ0) is 10.9. The van der Waals surface area contributed by atoms with Crippen molar-refractivity contribution in [1.82, 2.24) is 5.32 Å². The minimum absolute atomic E-state index is 0.310. The van der Waals surface area contributed by atoms with E-state index in [2.05, 4.69) is 17.4 Å². The van der Waals surface area contributed by atoms with Gasteiger partial charge in [-0.3, -0.25) is 4.79 Å². The Bertz CT molecular complexity index is 290. The van der Waals surface area contributed by atoms with Gasteiger partial charge in [-0.1, -0.05) is 30.3 Å². The van der Waals surface area contributed by atoms with Crippen LogP contribution >= 0.6 is 11.8 Å². The van der Waals surface area contributed by atoms with Gasteiger partial charge in [0, 0.05) is 18.1 Å². The molecule has 0 saturated heterocycles. The fourth-order valence-corrected chi connectivity index (χ4v) is 1.90. The fraction of sp³-hybridized carbons (Fsp3) is 0.364. The lowest BCUT2D eigenvalue weighted by Crippen LogP contribution is -2.28. The van der Waals surface area contributed by atoms with Crippen molar-refractivity contribution < 1.29 is 9.90 Å². The number of amides is 1. The molecule has 0 unspecified atom stereocenters. The van der Waals surface area contributed by atoms with Crippen molar-refractivity contribution in [1.29, 1.82) is 0 Å². The molecule has 0 radical (unpaired) electrons. The third-order valence-electron chi connectivity index (χ3n) is 1.82. The van der Waals surface area contributed by atoms with E-state index in [1.165, 1.54) is 5.56 Å². The van der Waals surface area contributed by atoms with Gasteiger partial charge in [0.1, 0.15) is 6.61 Å². The Morgan fingerprint density at radius 2 is 2.07 bits per heavy atom. The molecule has 1 rings (SSSR count). The summed E-state index contributed by atoms with van der Waals surface area (Å²) in [6.07, 6.45) is 0. The number of aliphatic hydroxyl groups excluding tert-OH is 1. The zero-order valence-electron chi connectivity index (χ0n) is 8.48. The molecule has 82 valence electrons. The first-order valence-corrected chi connectivity index (χ1v) is 5.97. The summed E-state index contributed by atoms with van der Waals surface area (Å²) in [5.41, 5.74) is 1.29. The van der Waals surface area contributed by atoms with Crippen molar-refractivity contribution in [2.24, 2.45) is 0 Å². The van der Waals surface area contributed by atoms with Crippen molar-refractivity contribution in [2.45, 2.75) is 5.75 Å². The van der Waals surface area contributed by atoms with E-state index in [1.807, 2.05) is 18.2 Å². The largest absolute Gasteiger partial charge is 0.387 e. The maximum atomic E-state index is 10.7. The summed E-state index contributed by atoms with van der Waals surface area (Å²) < 4.78 is 0. The Balaban J connectivity index is 2.05. The van der Waals surface area contributed by atoms with Crippen LogP contribution in [0.5, 0.6) is 0 Å². The minimum atomic E-state index is -0.427. The highest BCUT2D eigenvalue weighted by molar-refractivity contribution is 7.98. The Hall–Kier alpha value is -1.00. The minimum Gasteiger partial charge on any atom is -0.387 e. The van der Waals surface area contributed by atoms with Crippen LogP contribution < -0.4 is 5.32 Å². The first-order chi connectivity index (χ1) is 7.33. The molecule has 2 N–H and O–H groups in total. The maximum Gasteiger partial charge on any atom is 0.245 e. The normalized spacial score (nSPS) is 9.93. The highest BCUT2D eigenvalue weighted by Gasteiger charge is 1.96. The van der Waals surface area contributed by atoms with Crippen LogP contribution in [0.2, 0.25) is 0 Å². The molecule has 1 aromatic rings. The number of benzene rings is 1. The Labute approximate surface area is 93.9 Å². The molecule has 0 aliphatic rings. The van der Waals surface area contributed by atoms with E-state index in [-0.39, 0.29) is 5.91 Å². The van der Waals surface area contributed by atoms with Gasteiger partial charge in [0.25, 0.3) is 0 Å². The molecule has 0 aliphatic heterocycles. The second-order valence-electron chi connectivity index (χ2n) is 3.05. The molecule has 15 heavy (non-hydrogen) atoms. The number of rotatable bonds is 6. The van der Waals surface area contributed by atoms with Gasteiger partial charge in [-0.25, -0.2) is 0 Å².